The van der Waals surface area contributed by atoms with E-state index >= 15 is 0 Å². The van der Waals surface area contributed by atoms with Gasteiger partial charge in [0.15, 0.2) is 0 Å². The highest BCUT2D eigenvalue weighted by Gasteiger charge is 1.94. The molecule has 0 spiro atoms. The Hall–Kier alpha value is -0.680. The largest absolute Gasteiger partial charge is 0.385 e. The fourth-order valence-corrected chi connectivity index (χ4v) is 0.846. The highest BCUT2D eigenvalue weighted by Crippen LogP contribution is 2.07. The summed E-state index contributed by atoms with van der Waals surface area (Å²) in [5.74, 6) is 0. The summed E-state index contributed by atoms with van der Waals surface area (Å²) in [6, 6.07) is 0. The normalized spacial score (nSPS) is 17.9. The van der Waals surface area contributed by atoms with E-state index in [1.807, 2.05) is 7.05 Å². The van der Waals surface area contributed by atoms with Crippen molar-refractivity contribution in [3.63, 3.8) is 0 Å². The maximum absolute atomic E-state index is 3.15. The van der Waals surface area contributed by atoms with Crippen LogP contribution in [0.5, 0.6) is 0 Å². The van der Waals surface area contributed by atoms with Gasteiger partial charge < -0.3 is 5.32 Å². The molecule has 0 amide bonds. The van der Waals surface area contributed by atoms with Crippen molar-refractivity contribution in [2.24, 2.45) is 0 Å². The van der Waals surface area contributed by atoms with Crippen LogP contribution < -0.4 is 5.32 Å². The Labute approximate surface area is 50.1 Å². The molecular weight excluding hydrogens is 98.1 g/mol. The van der Waals surface area contributed by atoms with E-state index in [0.29, 0.717) is 0 Å². The Morgan fingerprint density at radius 2 is 2.62 bits per heavy atom. The summed E-state index contributed by atoms with van der Waals surface area (Å²) in [5.41, 5.74) is 4.40. The monoisotopic (exact) mass is 109 g/mol. The maximum atomic E-state index is 3.15. The van der Waals surface area contributed by atoms with Crippen LogP contribution in [0.4, 0.5) is 0 Å². The minimum absolute atomic E-state index is 1.17. The van der Waals surface area contributed by atoms with Crippen molar-refractivity contribution in [2.75, 3.05) is 7.05 Å². The second-order valence-corrected chi connectivity index (χ2v) is 1.97. The first-order valence-corrected chi connectivity index (χ1v) is 3.05. The predicted molar refractivity (Wildman–Crippen MR) is 34.5 cm³/mol. The molecule has 1 nitrogen and oxygen atoms in total. The minimum Gasteiger partial charge on any atom is -0.385 e. The number of nitrogens with one attached hydrogen (secondary N) is 1. The van der Waals surface area contributed by atoms with Gasteiger partial charge in [-0.2, -0.15) is 0 Å². The van der Waals surface area contributed by atoms with Gasteiger partial charge in [-0.05, 0) is 25.3 Å². The van der Waals surface area contributed by atoms with Crippen LogP contribution in [0.1, 0.15) is 19.3 Å². The first-order valence-electron chi connectivity index (χ1n) is 3.05. The zero-order valence-electron chi connectivity index (χ0n) is 5.20. The molecule has 8 heavy (non-hydrogen) atoms. The van der Waals surface area contributed by atoms with E-state index in [0.717, 1.165) is 0 Å². The molecule has 0 heterocycles. The first-order chi connectivity index (χ1) is 3.93. The molecular formula is C7H11N. The van der Waals surface area contributed by atoms with Crippen molar-refractivity contribution < 1.29 is 0 Å². The Bertz CT molecular complexity index is 129. The highest BCUT2D eigenvalue weighted by molar-refractivity contribution is 5.02. The number of allylic oxidation sites excluding steroid dienone is 1. The molecule has 0 unspecified atom stereocenters. The summed E-state index contributed by atoms with van der Waals surface area (Å²) >= 11 is 0. The lowest BCUT2D eigenvalue weighted by Gasteiger charge is -2.04. The Balaban J connectivity index is 2.60. The SMILES string of the molecule is CNC1=C=CCCC1. The summed E-state index contributed by atoms with van der Waals surface area (Å²) < 4.78 is 0. The zero-order valence-corrected chi connectivity index (χ0v) is 5.20. The Morgan fingerprint density at radius 3 is 3.00 bits per heavy atom. The van der Waals surface area contributed by atoms with Crippen LogP contribution in [0.3, 0.4) is 0 Å². The maximum Gasteiger partial charge on any atom is 0.0532 e. The van der Waals surface area contributed by atoms with Crippen molar-refractivity contribution in [2.45, 2.75) is 19.3 Å². The predicted octanol–water partition coefficient (Wildman–Crippen LogP) is 1.43. The molecule has 0 atom stereocenters. The molecule has 0 saturated heterocycles. The van der Waals surface area contributed by atoms with E-state index in [1.54, 1.807) is 0 Å². The molecule has 0 aromatic rings. The fourth-order valence-electron chi connectivity index (χ4n) is 0.846. The van der Waals surface area contributed by atoms with Gasteiger partial charge in [-0.25, -0.2) is 0 Å². The van der Waals surface area contributed by atoms with Gasteiger partial charge >= 0.3 is 0 Å². The number of hydrogen-bond donors (Lipinski definition) is 1. The van der Waals surface area contributed by atoms with Crippen molar-refractivity contribution >= 4 is 0 Å². The Kier molecular flexibility index (Phi) is 1.76. The smallest absolute Gasteiger partial charge is 0.0532 e. The second-order valence-electron chi connectivity index (χ2n) is 1.97. The summed E-state index contributed by atoms with van der Waals surface area (Å²) in [5, 5.41) is 3.08. The highest BCUT2D eigenvalue weighted by atomic mass is 14.8. The third kappa shape index (κ3) is 1.14. The molecule has 0 radical (unpaired) electrons. The number of hydrogen-bond acceptors (Lipinski definition) is 1. The Morgan fingerprint density at radius 1 is 1.75 bits per heavy atom. The zero-order chi connectivity index (χ0) is 5.82. The second kappa shape index (κ2) is 2.58. The standard InChI is InChI=1S/C7H11N/c1-8-7-5-3-2-4-6-7/h3,8H,2,4,6H2,1H3. The van der Waals surface area contributed by atoms with Crippen LogP contribution >= 0.6 is 0 Å². The van der Waals surface area contributed by atoms with Crippen molar-refractivity contribution in [3.8, 4) is 0 Å². The summed E-state index contributed by atoms with van der Waals surface area (Å²) in [6.45, 7) is 0. The molecule has 0 aliphatic heterocycles. The summed E-state index contributed by atoms with van der Waals surface area (Å²) in [7, 11) is 1.95. The van der Waals surface area contributed by atoms with Gasteiger partial charge in [-0.15, -0.1) is 5.73 Å². The van der Waals surface area contributed by atoms with Gasteiger partial charge in [0.05, 0.1) is 5.70 Å². The fraction of sp³-hybridized carbons (Fsp3) is 0.571. The van der Waals surface area contributed by atoms with Crippen LogP contribution in [0.2, 0.25) is 0 Å². The third-order valence-electron chi connectivity index (χ3n) is 1.35. The first kappa shape index (κ1) is 5.46. The lowest BCUT2D eigenvalue weighted by molar-refractivity contribution is 0.758. The molecule has 44 valence electrons. The van der Waals surface area contributed by atoms with E-state index in [1.165, 1.54) is 25.0 Å². The van der Waals surface area contributed by atoms with E-state index in [2.05, 4.69) is 17.1 Å². The molecule has 1 heteroatoms. The third-order valence-corrected chi connectivity index (χ3v) is 1.35. The average molecular weight is 109 g/mol. The van der Waals surface area contributed by atoms with Crippen LogP contribution in [0.25, 0.3) is 0 Å². The molecule has 1 aliphatic carbocycles. The van der Waals surface area contributed by atoms with E-state index < -0.39 is 0 Å². The average Bonchev–Trinajstić information content (AvgIpc) is 1.90. The molecule has 0 fully saturated rings. The quantitative estimate of drug-likeness (QED) is 0.502. The summed E-state index contributed by atoms with van der Waals surface area (Å²) in [4.78, 5) is 0. The van der Waals surface area contributed by atoms with Crippen molar-refractivity contribution in [3.05, 3.63) is 17.5 Å². The van der Waals surface area contributed by atoms with Crippen LogP contribution in [0, 0.1) is 0 Å². The van der Waals surface area contributed by atoms with E-state index in [-0.39, 0.29) is 0 Å². The lowest BCUT2D eigenvalue weighted by Crippen LogP contribution is -2.05. The van der Waals surface area contributed by atoms with Gasteiger partial charge in [0.2, 0.25) is 0 Å². The van der Waals surface area contributed by atoms with Gasteiger partial charge in [0.1, 0.15) is 0 Å². The molecule has 0 bridgehead atoms. The summed E-state index contributed by atoms with van der Waals surface area (Å²) in [6.07, 6.45) is 5.75. The molecule has 1 aliphatic rings. The molecule has 1 N–H and O–H groups in total. The number of rotatable bonds is 1. The van der Waals surface area contributed by atoms with Crippen LogP contribution in [0.15, 0.2) is 17.5 Å². The molecule has 0 saturated carbocycles. The van der Waals surface area contributed by atoms with Gasteiger partial charge in [0.25, 0.3) is 0 Å². The van der Waals surface area contributed by atoms with Crippen molar-refractivity contribution in [1.29, 1.82) is 0 Å². The topological polar surface area (TPSA) is 12.0 Å². The minimum atomic E-state index is 1.17. The lowest BCUT2D eigenvalue weighted by atomic mass is 10.1. The van der Waals surface area contributed by atoms with Gasteiger partial charge in [-0.1, -0.05) is 0 Å². The van der Waals surface area contributed by atoms with E-state index in [9.17, 15) is 0 Å². The van der Waals surface area contributed by atoms with E-state index in [4.69, 9.17) is 0 Å². The molecule has 1 rings (SSSR count). The van der Waals surface area contributed by atoms with Crippen LogP contribution in [-0.2, 0) is 0 Å². The van der Waals surface area contributed by atoms with Crippen molar-refractivity contribution in [1.82, 2.24) is 5.32 Å². The molecule has 0 aromatic carbocycles. The van der Waals surface area contributed by atoms with Gasteiger partial charge in [0, 0.05) is 7.05 Å². The van der Waals surface area contributed by atoms with Gasteiger partial charge in [-0.3, -0.25) is 0 Å². The molecule has 0 aromatic heterocycles. The van der Waals surface area contributed by atoms with Crippen LogP contribution in [-0.4, -0.2) is 7.05 Å².